The number of hydrogen-bond donors (Lipinski definition) is 3. The molecule has 0 radical (unpaired) electrons. The molecule has 0 aliphatic carbocycles. The second kappa shape index (κ2) is 5.25. The van der Waals surface area contributed by atoms with Crippen molar-refractivity contribution in [2.45, 2.75) is 11.4 Å². The predicted molar refractivity (Wildman–Crippen MR) is 70.8 cm³/mol. The zero-order chi connectivity index (χ0) is 13.9. The molecule has 19 heavy (non-hydrogen) atoms. The summed E-state index contributed by atoms with van der Waals surface area (Å²) in [6.45, 7) is 0.136. The Morgan fingerprint density at radius 2 is 2.11 bits per heavy atom. The number of benzene rings is 1. The van der Waals surface area contributed by atoms with Crippen LogP contribution in [0.1, 0.15) is 5.56 Å². The summed E-state index contributed by atoms with van der Waals surface area (Å²) in [5, 5.41) is 9.27. The highest BCUT2D eigenvalue weighted by Gasteiger charge is 2.14. The molecule has 6 nitrogen and oxygen atoms in total. The summed E-state index contributed by atoms with van der Waals surface area (Å²) in [5.41, 5.74) is 6.24. The minimum absolute atomic E-state index is 0.00619. The van der Waals surface area contributed by atoms with Gasteiger partial charge in [-0.1, -0.05) is 6.07 Å². The van der Waals surface area contributed by atoms with Crippen LogP contribution in [-0.4, -0.2) is 18.5 Å². The summed E-state index contributed by atoms with van der Waals surface area (Å²) in [7, 11) is -3.67. The lowest BCUT2D eigenvalue weighted by atomic mass is 10.3. The number of anilines is 1. The first-order valence-electron chi connectivity index (χ1n) is 5.46. The van der Waals surface area contributed by atoms with E-state index in [0.717, 1.165) is 5.56 Å². The fourth-order valence-corrected chi connectivity index (χ4v) is 2.52. The predicted octanol–water partition coefficient (Wildman–Crippen LogP) is 0.848. The molecule has 4 N–H and O–H groups in total. The molecule has 0 aliphatic heterocycles. The lowest BCUT2D eigenvalue weighted by Gasteiger charge is -2.08. The molecular formula is C12H13N3O3S. The van der Waals surface area contributed by atoms with Crippen molar-refractivity contribution >= 4 is 15.7 Å². The number of nitrogens with zero attached hydrogens (tertiary/aromatic N) is 1. The highest BCUT2D eigenvalue weighted by atomic mass is 32.2. The molecule has 0 saturated carbocycles. The highest BCUT2D eigenvalue weighted by molar-refractivity contribution is 7.89. The molecule has 1 heterocycles. The molecule has 7 heteroatoms. The van der Waals surface area contributed by atoms with Crippen LogP contribution in [0.3, 0.4) is 0 Å². The van der Waals surface area contributed by atoms with E-state index >= 15 is 0 Å². The van der Waals surface area contributed by atoms with E-state index in [1.165, 1.54) is 18.2 Å². The van der Waals surface area contributed by atoms with Crippen LogP contribution >= 0.6 is 0 Å². The maximum absolute atomic E-state index is 12.0. The lowest BCUT2D eigenvalue weighted by molar-refractivity contribution is 0.477. The first-order chi connectivity index (χ1) is 8.99. The molecule has 1 aromatic heterocycles. The minimum atomic E-state index is -3.67. The Morgan fingerprint density at radius 3 is 2.74 bits per heavy atom. The number of nitrogens with one attached hydrogen (secondary N) is 1. The summed E-state index contributed by atoms with van der Waals surface area (Å²) in [5.74, 6) is -0.147. The Labute approximate surface area is 111 Å². The summed E-state index contributed by atoms with van der Waals surface area (Å²) >= 11 is 0. The third-order valence-electron chi connectivity index (χ3n) is 2.50. The fourth-order valence-electron chi connectivity index (χ4n) is 1.46. The molecule has 0 unspecified atom stereocenters. The number of rotatable bonds is 4. The van der Waals surface area contributed by atoms with Crippen LogP contribution in [0.2, 0.25) is 0 Å². The van der Waals surface area contributed by atoms with E-state index in [2.05, 4.69) is 9.71 Å². The van der Waals surface area contributed by atoms with Crippen LogP contribution in [0.5, 0.6) is 5.75 Å². The zero-order valence-corrected chi connectivity index (χ0v) is 10.8. The topological polar surface area (TPSA) is 105 Å². The van der Waals surface area contributed by atoms with Crippen LogP contribution in [-0.2, 0) is 16.6 Å². The molecule has 2 aromatic rings. The zero-order valence-electron chi connectivity index (χ0n) is 9.95. The maximum atomic E-state index is 12.0. The fraction of sp³-hybridized carbons (Fsp3) is 0.0833. The van der Waals surface area contributed by atoms with Gasteiger partial charge in [0.2, 0.25) is 10.0 Å². The molecule has 0 bridgehead atoms. The van der Waals surface area contributed by atoms with Gasteiger partial charge in [0.05, 0.1) is 10.6 Å². The van der Waals surface area contributed by atoms with Gasteiger partial charge in [0.1, 0.15) is 5.75 Å². The first-order valence-corrected chi connectivity index (χ1v) is 6.94. The summed E-state index contributed by atoms with van der Waals surface area (Å²) in [6, 6.07) is 7.23. The molecular weight excluding hydrogens is 266 g/mol. The van der Waals surface area contributed by atoms with Crippen LogP contribution in [0.25, 0.3) is 0 Å². The van der Waals surface area contributed by atoms with Crippen molar-refractivity contribution in [1.29, 1.82) is 0 Å². The van der Waals surface area contributed by atoms with Crippen molar-refractivity contribution in [3.05, 3.63) is 48.3 Å². The third kappa shape index (κ3) is 3.21. The van der Waals surface area contributed by atoms with E-state index < -0.39 is 10.0 Å². The number of phenols is 1. The van der Waals surface area contributed by atoms with Gasteiger partial charge in [-0.25, -0.2) is 13.1 Å². The molecule has 1 aromatic carbocycles. The van der Waals surface area contributed by atoms with E-state index in [1.54, 1.807) is 24.5 Å². The van der Waals surface area contributed by atoms with Crippen LogP contribution < -0.4 is 10.5 Å². The molecule has 0 spiro atoms. The average molecular weight is 279 g/mol. The second-order valence-corrected chi connectivity index (χ2v) is 5.67. The van der Waals surface area contributed by atoms with Crippen molar-refractivity contribution in [3.63, 3.8) is 0 Å². The van der Waals surface area contributed by atoms with Gasteiger partial charge >= 0.3 is 0 Å². The van der Waals surface area contributed by atoms with Crippen LogP contribution in [0.4, 0.5) is 5.69 Å². The van der Waals surface area contributed by atoms with E-state index in [0.29, 0.717) is 0 Å². The number of nitrogens with two attached hydrogens (primary N) is 1. The molecule has 0 amide bonds. The molecule has 0 saturated heterocycles. The molecule has 2 rings (SSSR count). The number of phenolic OH excluding ortho intramolecular Hbond substituents is 1. The monoisotopic (exact) mass is 279 g/mol. The molecule has 0 atom stereocenters. The van der Waals surface area contributed by atoms with Crippen LogP contribution in [0, 0.1) is 0 Å². The number of sulfonamides is 1. The quantitative estimate of drug-likeness (QED) is 0.568. The van der Waals surface area contributed by atoms with Crippen molar-refractivity contribution in [2.24, 2.45) is 0 Å². The van der Waals surface area contributed by atoms with Gasteiger partial charge in [0.25, 0.3) is 0 Å². The van der Waals surface area contributed by atoms with E-state index in [9.17, 15) is 13.5 Å². The number of nitrogen functional groups attached to an aromatic ring is 1. The lowest BCUT2D eigenvalue weighted by Crippen LogP contribution is -2.23. The number of aromatic hydroxyl groups is 1. The smallest absolute Gasteiger partial charge is 0.240 e. The maximum Gasteiger partial charge on any atom is 0.240 e. The molecule has 0 aliphatic rings. The van der Waals surface area contributed by atoms with Gasteiger partial charge < -0.3 is 10.8 Å². The number of pyridine rings is 1. The first kappa shape index (κ1) is 13.3. The van der Waals surface area contributed by atoms with Crippen molar-refractivity contribution < 1.29 is 13.5 Å². The van der Waals surface area contributed by atoms with Crippen molar-refractivity contribution in [1.82, 2.24) is 9.71 Å². The summed E-state index contributed by atoms with van der Waals surface area (Å²) < 4.78 is 26.4. The molecule has 100 valence electrons. The van der Waals surface area contributed by atoms with Gasteiger partial charge in [0.15, 0.2) is 0 Å². The third-order valence-corrected chi connectivity index (χ3v) is 3.90. The second-order valence-electron chi connectivity index (χ2n) is 3.91. The molecule has 0 fully saturated rings. The van der Waals surface area contributed by atoms with Gasteiger partial charge in [-0.15, -0.1) is 0 Å². The standard InChI is InChI=1S/C12H13N3O3S/c13-11-6-10(3-4-12(11)16)19(17,18)15-8-9-2-1-5-14-7-9/h1-7,15-16H,8,13H2. The van der Waals surface area contributed by atoms with E-state index in [4.69, 9.17) is 5.73 Å². The normalized spacial score (nSPS) is 11.4. The Hall–Kier alpha value is -2.12. The summed E-state index contributed by atoms with van der Waals surface area (Å²) in [6.07, 6.45) is 3.19. The Bertz CT molecular complexity index is 672. The largest absolute Gasteiger partial charge is 0.506 e. The number of hydrogen-bond acceptors (Lipinski definition) is 5. The highest BCUT2D eigenvalue weighted by Crippen LogP contribution is 2.23. The minimum Gasteiger partial charge on any atom is -0.506 e. The Morgan fingerprint density at radius 1 is 1.32 bits per heavy atom. The van der Waals surface area contributed by atoms with Crippen molar-refractivity contribution in [3.8, 4) is 5.75 Å². The van der Waals surface area contributed by atoms with Crippen LogP contribution in [0.15, 0.2) is 47.6 Å². The number of aromatic nitrogens is 1. The Kier molecular flexibility index (Phi) is 3.68. The van der Waals surface area contributed by atoms with Gasteiger partial charge in [-0.05, 0) is 29.8 Å². The summed E-state index contributed by atoms with van der Waals surface area (Å²) in [4.78, 5) is 3.90. The van der Waals surface area contributed by atoms with Crippen molar-refractivity contribution in [2.75, 3.05) is 5.73 Å². The Balaban J connectivity index is 2.16. The SMILES string of the molecule is Nc1cc(S(=O)(=O)NCc2cccnc2)ccc1O. The van der Waals surface area contributed by atoms with E-state index in [-0.39, 0.29) is 22.9 Å². The van der Waals surface area contributed by atoms with Gasteiger partial charge in [-0.3, -0.25) is 4.98 Å². The van der Waals surface area contributed by atoms with Gasteiger partial charge in [0, 0.05) is 18.9 Å². The van der Waals surface area contributed by atoms with Gasteiger partial charge in [-0.2, -0.15) is 0 Å². The average Bonchev–Trinajstić information content (AvgIpc) is 2.41. The van der Waals surface area contributed by atoms with E-state index in [1.807, 2.05) is 0 Å².